The van der Waals surface area contributed by atoms with Crippen molar-refractivity contribution in [2.45, 2.75) is 26.3 Å². The predicted octanol–water partition coefficient (Wildman–Crippen LogP) is 1.87. The van der Waals surface area contributed by atoms with E-state index in [4.69, 9.17) is 5.73 Å². The number of nitrogens with zero attached hydrogens (tertiary/aromatic N) is 1. The molecule has 0 aliphatic carbocycles. The van der Waals surface area contributed by atoms with E-state index in [1.54, 1.807) is 0 Å². The topological polar surface area (TPSA) is 46.3 Å². The van der Waals surface area contributed by atoms with Crippen molar-refractivity contribution in [3.8, 4) is 0 Å². The highest BCUT2D eigenvalue weighted by Crippen LogP contribution is 2.22. The van der Waals surface area contributed by atoms with Gasteiger partial charge in [-0.2, -0.15) is 0 Å². The number of aryl methyl sites for hydroxylation is 1. The van der Waals surface area contributed by atoms with Crippen molar-refractivity contribution in [2.75, 3.05) is 13.1 Å². The first-order chi connectivity index (χ1) is 7.59. The highest BCUT2D eigenvalue weighted by molar-refractivity contribution is 7.12. The quantitative estimate of drug-likeness (QED) is 0.812. The van der Waals surface area contributed by atoms with E-state index in [0.29, 0.717) is 12.5 Å². The number of nitrogens with two attached hydrogens (primary N) is 1. The summed E-state index contributed by atoms with van der Waals surface area (Å²) in [7, 11) is 0. The summed E-state index contributed by atoms with van der Waals surface area (Å²) in [5.41, 5.74) is 7.08. The molecule has 1 amide bonds. The number of carbonyl (C=O) groups excluding carboxylic acids is 1. The third-order valence-electron chi connectivity index (χ3n) is 3.36. The first-order valence-electron chi connectivity index (χ1n) is 5.68. The van der Waals surface area contributed by atoms with E-state index in [1.165, 1.54) is 11.3 Å². The Bertz CT molecular complexity index is 388. The Kier molecular flexibility index (Phi) is 3.30. The molecule has 4 heteroatoms. The second-order valence-electron chi connectivity index (χ2n) is 4.61. The Morgan fingerprint density at radius 3 is 2.94 bits per heavy atom. The third kappa shape index (κ3) is 2.13. The Morgan fingerprint density at radius 1 is 1.62 bits per heavy atom. The van der Waals surface area contributed by atoms with Gasteiger partial charge in [0.15, 0.2) is 0 Å². The highest BCUT2D eigenvalue weighted by atomic mass is 32.1. The molecule has 3 nitrogen and oxygen atoms in total. The number of hydrogen-bond donors (Lipinski definition) is 1. The molecular weight excluding hydrogens is 220 g/mol. The van der Waals surface area contributed by atoms with Crippen LogP contribution in [0.2, 0.25) is 0 Å². The van der Waals surface area contributed by atoms with Crippen molar-refractivity contribution in [1.82, 2.24) is 4.90 Å². The lowest BCUT2D eigenvalue weighted by Gasteiger charge is -2.34. The van der Waals surface area contributed by atoms with Crippen molar-refractivity contribution in [3.63, 3.8) is 0 Å². The summed E-state index contributed by atoms with van der Waals surface area (Å²) in [6.07, 6.45) is 1.01. The van der Waals surface area contributed by atoms with Crippen LogP contribution in [0, 0.1) is 12.8 Å². The van der Waals surface area contributed by atoms with Crippen LogP contribution in [0.4, 0.5) is 0 Å². The van der Waals surface area contributed by atoms with Gasteiger partial charge in [0.05, 0.1) is 4.88 Å². The van der Waals surface area contributed by atoms with Gasteiger partial charge in [-0.25, -0.2) is 0 Å². The number of thiophene rings is 1. The molecule has 0 aromatic carbocycles. The number of likely N-dealkylation sites (tertiary alicyclic amines) is 1. The summed E-state index contributed by atoms with van der Waals surface area (Å²) >= 11 is 1.52. The molecule has 0 radical (unpaired) electrons. The third-order valence-corrected chi connectivity index (χ3v) is 4.36. The van der Waals surface area contributed by atoms with Gasteiger partial charge in [-0.3, -0.25) is 4.79 Å². The van der Waals surface area contributed by atoms with Gasteiger partial charge in [0.1, 0.15) is 0 Å². The summed E-state index contributed by atoms with van der Waals surface area (Å²) in [4.78, 5) is 15.0. The normalized spacial score (nSPS) is 25.8. The van der Waals surface area contributed by atoms with E-state index in [-0.39, 0.29) is 11.9 Å². The van der Waals surface area contributed by atoms with Crippen LogP contribution in [0.5, 0.6) is 0 Å². The molecule has 0 bridgehead atoms. The average Bonchev–Trinajstić information content (AvgIpc) is 2.67. The van der Waals surface area contributed by atoms with Crippen LogP contribution in [0.15, 0.2) is 11.4 Å². The van der Waals surface area contributed by atoms with Crippen molar-refractivity contribution in [3.05, 3.63) is 21.9 Å². The SMILES string of the molecule is Cc1ccsc1C(=O)N1CCC(C)C(N)C1. The lowest BCUT2D eigenvalue weighted by molar-refractivity contribution is 0.0676. The number of hydrogen-bond acceptors (Lipinski definition) is 3. The zero-order valence-electron chi connectivity index (χ0n) is 9.77. The van der Waals surface area contributed by atoms with Crippen molar-refractivity contribution in [1.29, 1.82) is 0 Å². The molecule has 0 spiro atoms. The van der Waals surface area contributed by atoms with E-state index in [9.17, 15) is 4.79 Å². The van der Waals surface area contributed by atoms with Gasteiger partial charge in [0.25, 0.3) is 5.91 Å². The van der Waals surface area contributed by atoms with E-state index < -0.39 is 0 Å². The molecule has 2 N–H and O–H groups in total. The fourth-order valence-corrected chi connectivity index (χ4v) is 2.91. The second-order valence-corrected chi connectivity index (χ2v) is 5.53. The van der Waals surface area contributed by atoms with Crippen LogP contribution in [0.1, 0.15) is 28.6 Å². The Hall–Kier alpha value is -0.870. The maximum Gasteiger partial charge on any atom is 0.264 e. The summed E-state index contributed by atoms with van der Waals surface area (Å²) < 4.78 is 0. The maximum atomic E-state index is 12.2. The fraction of sp³-hybridized carbons (Fsp3) is 0.583. The molecule has 88 valence electrons. The molecule has 1 aliphatic heterocycles. The molecular formula is C12H18N2OS. The standard InChI is InChI=1S/C12H18N2OS/c1-8-3-5-14(7-10(8)13)12(15)11-9(2)4-6-16-11/h4,6,8,10H,3,5,7,13H2,1-2H3. The molecule has 1 aromatic heterocycles. The summed E-state index contributed by atoms with van der Waals surface area (Å²) in [5, 5.41) is 1.97. The minimum atomic E-state index is 0.123. The first kappa shape index (κ1) is 11.6. The van der Waals surface area contributed by atoms with E-state index in [2.05, 4.69) is 6.92 Å². The predicted molar refractivity (Wildman–Crippen MR) is 66.7 cm³/mol. The van der Waals surface area contributed by atoms with Gasteiger partial charge >= 0.3 is 0 Å². The van der Waals surface area contributed by atoms with E-state index in [0.717, 1.165) is 23.4 Å². The number of carbonyl (C=O) groups is 1. The Labute approximate surface area is 100 Å². The molecule has 1 fully saturated rings. The second kappa shape index (κ2) is 4.55. The zero-order chi connectivity index (χ0) is 11.7. The first-order valence-corrected chi connectivity index (χ1v) is 6.56. The minimum Gasteiger partial charge on any atom is -0.336 e. The average molecular weight is 238 g/mol. The van der Waals surface area contributed by atoms with Crippen LogP contribution in [-0.4, -0.2) is 29.9 Å². The number of rotatable bonds is 1. The Balaban J connectivity index is 2.09. The van der Waals surface area contributed by atoms with Crippen LogP contribution in [0.3, 0.4) is 0 Å². The molecule has 0 saturated carbocycles. The van der Waals surface area contributed by atoms with Gasteiger partial charge in [0, 0.05) is 19.1 Å². The van der Waals surface area contributed by atoms with Gasteiger partial charge in [-0.15, -0.1) is 11.3 Å². The van der Waals surface area contributed by atoms with Crippen LogP contribution >= 0.6 is 11.3 Å². The molecule has 16 heavy (non-hydrogen) atoms. The molecule has 2 unspecified atom stereocenters. The molecule has 1 saturated heterocycles. The highest BCUT2D eigenvalue weighted by Gasteiger charge is 2.27. The smallest absolute Gasteiger partial charge is 0.264 e. The summed E-state index contributed by atoms with van der Waals surface area (Å²) in [6.45, 7) is 5.67. The molecule has 2 rings (SSSR count). The fourth-order valence-electron chi connectivity index (χ4n) is 2.02. The lowest BCUT2D eigenvalue weighted by Crippen LogP contribution is -2.49. The molecule has 1 aromatic rings. The van der Waals surface area contributed by atoms with E-state index in [1.807, 2.05) is 23.3 Å². The minimum absolute atomic E-state index is 0.123. The number of amides is 1. The van der Waals surface area contributed by atoms with Gasteiger partial charge in [-0.1, -0.05) is 6.92 Å². The van der Waals surface area contributed by atoms with Crippen molar-refractivity contribution in [2.24, 2.45) is 11.7 Å². The Morgan fingerprint density at radius 2 is 2.38 bits per heavy atom. The van der Waals surface area contributed by atoms with Gasteiger partial charge in [0.2, 0.25) is 0 Å². The molecule has 2 atom stereocenters. The van der Waals surface area contributed by atoms with Gasteiger partial charge < -0.3 is 10.6 Å². The zero-order valence-corrected chi connectivity index (χ0v) is 10.6. The number of piperidine rings is 1. The monoisotopic (exact) mass is 238 g/mol. The van der Waals surface area contributed by atoms with E-state index >= 15 is 0 Å². The van der Waals surface area contributed by atoms with Crippen LogP contribution in [-0.2, 0) is 0 Å². The van der Waals surface area contributed by atoms with Gasteiger partial charge in [-0.05, 0) is 36.3 Å². The molecule has 1 aliphatic rings. The van der Waals surface area contributed by atoms with Crippen molar-refractivity contribution >= 4 is 17.2 Å². The maximum absolute atomic E-state index is 12.2. The van der Waals surface area contributed by atoms with Crippen LogP contribution in [0.25, 0.3) is 0 Å². The lowest BCUT2D eigenvalue weighted by atomic mass is 9.94. The largest absolute Gasteiger partial charge is 0.336 e. The van der Waals surface area contributed by atoms with Crippen molar-refractivity contribution < 1.29 is 4.79 Å². The summed E-state index contributed by atoms with van der Waals surface area (Å²) in [5.74, 6) is 0.670. The summed E-state index contributed by atoms with van der Waals surface area (Å²) in [6, 6.07) is 2.11. The molecule has 2 heterocycles. The van der Waals surface area contributed by atoms with Crippen LogP contribution < -0.4 is 5.73 Å².